The van der Waals surface area contributed by atoms with Crippen molar-refractivity contribution in [2.75, 3.05) is 0 Å². The Bertz CT molecular complexity index is 11.6. The average molecular weight is 250 g/mol. The van der Waals surface area contributed by atoms with E-state index in [0.29, 0.717) is 0 Å². The summed E-state index contributed by atoms with van der Waals surface area (Å²) in [5.41, 5.74) is 0. The number of hydrogen-bond donors (Lipinski definition) is 0. The quantitative estimate of drug-likeness (QED) is 0.443. The van der Waals surface area contributed by atoms with Crippen LogP contribution < -0.4 is 0 Å². The Morgan fingerprint density at radius 1 is 1.60 bits per heavy atom. The number of rotatable bonds is 0. The summed E-state index contributed by atoms with van der Waals surface area (Å²) in [5.74, 6) is 0. The van der Waals surface area contributed by atoms with Gasteiger partial charge in [-0.15, -0.1) is 0 Å². The Balaban J connectivity index is -0.0000000200. The molecule has 0 aliphatic carbocycles. The Labute approximate surface area is 68.2 Å². The van der Waals surface area contributed by atoms with Gasteiger partial charge < -0.3 is 0 Å². The van der Waals surface area contributed by atoms with Crippen LogP contribution >= 0.6 is 0 Å². The predicted octanol–water partition coefficient (Wildman–Crippen LogP) is -1.84. The van der Waals surface area contributed by atoms with Crippen LogP contribution in [-0.2, 0) is 53.5 Å². The maximum absolute atomic E-state index is 2.13. The molecule has 0 saturated heterocycles. The van der Waals surface area contributed by atoms with Gasteiger partial charge in [0.2, 0.25) is 0 Å². The van der Waals surface area contributed by atoms with Crippen molar-refractivity contribution in [3.8, 4) is 0 Å². The van der Waals surface area contributed by atoms with Crippen molar-refractivity contribution in [3.63, 3.8) is 0 Å². The topological polar surface area (TPSA) is 0 Å². The molecule has 0 unspecified atom stereocenters. The number of hydrogen-bond acceptors (Lipinski definition) is 0. The molecule has 0 rings (SSSR count). The van der Waals surface area contributed by atoms with Gasteiger partial charge in [-0.1, -0.05) is 0 Å². The van der Waals surface area contributed by atoms with E-state index in [2.05, 4.69) is 19.6 Å². The van der Waals surface area contributed by atoms with Crippen LogP contribution in [-0.4, -0.2) is 15.3 Å². The van der Waals surface area contributed by atoms with E-state index in [9.17, 15) is 0 Å². The second kappa shape index (κ2) is 16.7. The van der Waals surface area contributed by atoms with Gasteiger partial charge in [-0.25, -0.2) is 0 Å². The molecule has 5 heteroatoms. The van der Waals surface area contributed by atoms with Crippen LogP contribution in [0.25, 0.3) is 0 Å². The Hall–Kier alpha value is 2.00. The molecule has 0 aliphatic rings. The molecule has 0 bridgehead atoms. The van der Waals surface area contributed by atoms with Crippen molar-refractivity contribution >= 4 is 15.3 Å². The summed E-state index contributed by atoms with van der Waals surface area (Å²) >= 11 is 2.13. The first-order valence-electron chi connectivity index (χ1n) is 0.996. The van der Waals surface area contributed by atoms with E-state index in [-0.39, 0.29) is 33.9 Å². The zero-order chi connectivity index (χ0) is 2.71. The summed E-state index contributed by atoms with van der Waals surface area (Å²) in [6.45, 7) is 0. The molecule has 0 spiro atoms. The summed E-state index contributed by atoms with van der Waals surface area (Å²) < 4.78 is 0. The molecule has 33 valence electrons. The van der Waals surface area contributed by atoms with E-state index in [1.54, 1.807) is 0 Å². The monoisotopic (exact) mass is 251 g/mol. The molecule has 5 heavy (non-hydrogen) atoms. The molecular formula is H4BCrMoNiSi. The van der Waals surface area contributed by atoms with E-state index in [0.717, 1.165) is 0 Å². The third-order valence-electron chi connectivity index (χ3n) is 0. The normalized spacial score (nSPS) is 3.20. The van der Waals surface area contributed by atoms with E-state index in [4.69, 9.17) is 0 Å². The Kier molecular flexibility index (Phi) is 52.5. The van der Waals surface area contributed by atoms with E-state index >= 15 is 0 Å². The standard InChI is InChI=1S/BH4Si.Cr.Mo.Ni/c1-2;;;/h1H,2H3;;;/q+1;;-1;. The molecule has 0 atom stereocenters. The van der Waals surface area contributed by atoms with Crippen LogP contribution in [0.3, 0.4) is 0 Å². The van der Waals surface area contributed by atoms with Crippen LogP contribution in [0, 0.1) is 0 Å². The third-order valence-corrected chi connectivity index (χ3v) is 0. The van der Waals surface area contributed by atoms with Gasteiger partial charge >= 0.3 is 34.9 Å². The maximum atomic E-state index is 2.13. The summed E-state index contributed by atoms with van der Waals surface area (Å²) in [4.78, 5) is 0. The molecule has 0 aromatic rings. The SMILES string of the molecule is [Cr].[Ni].[SiH3][BH][Mo]. The van der Waals surface area contributed by atoms with Gasteiger partial charge in [0.05, 0.1) is 0 Å². The van der Waals surface area contributed by atoms with Gasteiger partial charge in [0.15, 0.2) is 0 Å². The first-order valence-corrected chi connectivity index (χ1v) is 3.83. The molecule has 0 aromatic carbocycles. The van der Waals surface area contributed by atoms with Crippen molar-refractivity contribution in [1.82, 2.24) is 0 Å². The van der Waals surface area contributed by atoms with Gasteiger partial charge in [-0.3, -0.25) is 0 Å². The molecule has 0 N–H and O–H groups in total. The minimum atomic E-state index is 0. The molecule has 0 aliphatic heterocycles. The second-order valence-electron chi connectivity index (χ2n) is 0.289. The van der Waals surface area contributed by atoms with Crippen LogP contribution in [0.4, 0.5) is 0 Å². The van der Waals surface area contributed by atoms with Crippen molar-refractivity contribution in [3.05, 3.63) is 0 Å². The van der Waals surface area contributed by atoms with Crippen LogP contribution in [0.15, 0.2) is 0 Å². The second-order valence-corrected chi connectivity index (χ2v) is 5.12. The van der Waals surface area contributed by atoms with Crippen molar-refractivity contribution in [2.45, 2.75) is 0 Å². The summed E-state index contributed by atoms with van der Waals surface area (Å²) in [6.07, 6.45) is 0. The van der Waals surface area contributed by atoms with E-state index < -0.39 is 0 Å². The first kappa shape index (κ1) is 15.8. The average Bonchev–Trinajstić information content (AvgIpc) is 0.918. The fraction of sp³-hybridized carbons (Fsp3) is 0. The molecule has 0 amide bonds. The van der Waals surface area contributed by atoms with Crippen molar-refractivity contribution < 1.29 is 53.5 Å². The van der Waals surface area contributed by atoms with Gasteiger partial charge in [0, 0.05) is 33.9 Å². The molecular weight excluding hydrogens is 246 g/mol. The third kappa shape index (κ3) is 24.0. The van der Waals surface area contributed by atoms with Crippen molar-refractivity contribution in [2.24, 2.45) is 0 Å². The Morgan fingerprint density at radius 3 is 1.60 bits per heavy atom. The minimum absolute atomic E-state index is 0. The zero-order valence-corrected chi connectivity index (χ0v) is 9.11. The van der Waals surface area contributed by atoms with Crippen LogP contribution in [0.1, 0.15) is 0 Å². The first-order chi connectivity index (χ1) is 1.41. The van der Waals surface area contributed by atoms with Crippen molar-refractivity contribution in [1.29, 1.82) is 0 Å². The van der Waals surface area contributed by atoms with Gasteiger partial charge in [-0.2, -0.15) is 0 Å². The fourth-order valence-electron chi connectivity index (χ4n) is 0. The molecule has 0 fully saturated rings. The zero-order valence-electron chi connectivity index (χ0n) is 2.84. The summed E-state index contributed by atoms with van der Waals surface area (Å²) in [7, 11) is 1.37. The van der Waals surface area contributed by atoms with Gasteiger partial charge in [0.25, 0.3) is 0 Å². The van der Waals surface area contributed by atoms with Crippen LogP contribution in [0.2, 0.25) is 0 Å². The predicted molar refractivity (Wildman–Crippen MR) is 17.1 cm³/mol. The van der Waals surface area contributed by atoms with Gasteiger partial charge in [0.1, 0.15) is 0 Å². The summed E-state index contributed by atoms with van der Waals surface area (Å²) in [5, 5.41) is 1.40. The Morgan fingerprint density at radius 2 is 1.60 bits per heavy atom. The molecule has 0 radical (unpaired) electrons. The molecule has 0 aromatic heterocycles. The fourth-order valence-corrected chi connectivity index (χ4v) is 0. The summed E-state index contributed by atoms with van der Waals surface area (Å²) in [6, 6.07) is 0. The molecule has 0 saturated carbocycles. The van der Waals surface area contributed by atoms with E-state index in [1.807, 2.05) is 0 Å². The van der Waals surface area contributed by atoms with Crippen LogP contribution in [0.5, 0.6) is 0 Å². The van der Waals surface area contributed by atoms with E-state index in [1.165, 1.54) is 15.3 Å². The molecule has 0 nitrogen and oxygen atoms in total. The molecule has 0 heterocycles. The van der Waals surface area contributed by atoms with Gasteiger partial charge in [-0.05, 0) is 0 Å².